The first-order valence-corrected chi connectivity index (χ1v) is 4.47. The van der Waals surface area contributed by atoms with Crippen LogP contribution in [0.3, 0.4) is 0 Å². The summed E-state index contributed by atoms with van der Waals surface area (Å²) in [6.07, 6.45) is 1.91. The first-order valence-electron chi connectivity index (χ1n) is 4.47. The van der Waals surface area contributed by atoms with Gasteiger partial charge < -0.3 is 10.7 Å². The summed E-state index contributed by atoms with van der Waals surface area (Å²) in [6.45, 7) is 0. The van der Waals surface area contributed by atoms with Gasteiger partial charge in [-0.2, -0.15) is 0 Å². The number of anilines is 1. The molecule has 2 heterocycles. The van der Waals surface area contributed by atoms with Crippen molar-refractivity contribution in [2.75, 3.05) is 5.73 Å². The Hall–Kier alpha value is -2.03. The molecule has 0 aliphatic rings. The molecule has 0 saturated heterocycles. The highest BCUT2D eigenvalue weighted by Crippen LogP contribution is 2.23. The first kappa shape index (κ1) is 7.38. The fraction of sp³-hybridized carbons (Fsp3) is 0. The molecule has 3 heteroatoms. The summed E-state index contributed by atoms with van der Waals surface area (Å²) in [6, 6.07) is 9.92. The second-order valence-corrected chi connectivity index (χ2v) is 3.31. The Kier molecular flexibility index (Phi) is 1.31. The highest BCUT2D eigenvalue weighted by molar-refractivity contribution is 6.04. The third kappa shape index (κ3) is 0.893. The molecule has 3 N–H and O–H groups in total. The normalized spacial score (nSPS) is 11.1. The molecule has 0 atom stereocenters. The molecule has 3 aromatic rings. The van der Waals surface area contributed by atoms with Gasteiger partial charge in [0.2, 0.25) is 0 Å². The zero-order valence-electron chi connectivity index (χ0n) is 7.49. The SMILES string of the molecule is Nc1ccc2ccc3[nH]ccc3c2n1. The van der Waals surface area contributed by atoms with Gasteiger partial charge in [-0.1, -0.05) is 6.07 Å². The molecule has 0 saturated carbocycles. The lowest BCUT2D eigenvalue weighted by Gasteiger charge is -1.99. The van der Waals surface area contributed by atoms with Crippen molar-refractivity contribution in [2.24, 2.45) is 0 Å². The second kappa shape index (κ2) is 2.48. The van der Waals surface area contributed by atoms with Gasteiger partial charge in [0, 0.05) is 22.5 Å². The predicted octanol–water partition coefficient (Wildman–Crippen LogP) is 2.30. The van der Waals surface area contributed by atoms with Crippen molar-refractivity contribution in [1.82, 2.24) is 9.97 Å². The zero-order valence-corrected chi connectivity index (χ0v) is 7.49. The van der Waals surface area contributed by atoms with Gasteiger partial charge in [0.25, 0.3) is 0 Å². The lowest BCUT2D eigenvalue weighted by atomic mass is 10.1. The Bertz CT molecular complexity index is 610. The molecule has 0 amide bonds. The molecule has 2 aromatic heterocycles. The fourth-order valence-corrected chi connectivity index (χ4v) is 1.74. The summed E-state index contributed by atoms with van der Waals surface area (Å²) >= 11 is 0. The van der Waals surface area contributed by atoms with E-state index in [1.54, 1.807) is 0 Å². The van der Waals surface area contributed by atoms with Crippen molar-refractivity contribution in [3.8, 4) is 0 Å². The maximum atomic E-state index is 5.66. The van der Waals surface area contributed by atoms with Gasteiger partial charge >= 0.3 is 0 Å². The molecule has 0 aliphatic heterocycles. The van der Waals surface area contributed by atoms with E-state index in [-0.39, 0.29) is 0 Å². The number of pyridine rings is 1. The molecular weight excluding hydrogens is 174 g/mol. The molecule has 0 unspecified atom stereocenters. The van der Waals surface area contributed by atoms with Gasteiger partial charge in [0.15, 0.2) is 0 Å². The monoisotopic (exact) mass is 183 g/mol. The van der Waals surface area contributed by atoms with E-state index in [0.29, 0.717) is 5.82 Å². The third-order valence-corrected chi connectivity index (χ3v) is 2.41. The molecule has 0 spiro atoms. The fourth-order valence-electron chi connectivity index (χ4n) is 1.74. The van der Waals surface area contributed by atoms with Crippen molar-refractivity contribution >= 4 is 27.6 Å². The number of nitrogens with one attached hydrogen (secondary N) is 1. The summed E-state index contributed by atoms with van der Waals surface area (Å²) in [7, 11) is 0. The maximum absolute atomic E-state index is 5.66. The van der Waals surface area contributed by atoms with E-state index in [1.807, 2.05) is 30.5 Å². The van der Waals surface area contributed by atoms with E-state index < -0.39 is 0 Å². The van der Waals surface area contributed by atoms with Crippen LogP contribution in [0.15, 0.2) is 36.5 Å². The number of aromatic nitrogens is 2. The average molecular weight is 183 g/mol. The molecule has 0 radical (unpaired) electrons. The summed E-state index contributed by atoms with van der Waals surface area (Å²) in [5.41, 5.74) is 7.72. The third-order valence-electron chi connectivity index (χ3n) is 2.41. The van der Waals surface area contributed by atoms with Crippen LogP contribution < -0.4 is 5.73 Å². The zero-order chi connectivity index (χ0) is 9.54. The topological polar surface area (TPSA) is 54.7 Å². The van der Waals surface area contributed by atoms with Gasteiger partial charge in [0.05, 0.1) is 5.52 Å². The first-order chi connectivity index (χ1) is 6.84. The van der Waals surface area contributed by atoms with E-state index in [4.69, 9.17) is 5.73 Å². The minimum Gasteiger partial charge on any atom is -0.384 e. The lowest BCUT2D eigenvalue weighted by Crippen LogP contribution is -1.89. The minimum atomic E-state index is 0.561. The van der Waals surface area contributed by atoms with Crippen molar-refractivity contribution < 1.29 is 0 Å². The summed E-state index contributed by atoms with van der Waals surface area (Å²) < 4.78 is 0. The van der Waals surface area contributed by atoms with Crippen LogP contribution in [-0.2, 0) is 0 Å². The van der Waals surface area contributed by atoms with Crippen molar-refractivity contribution in [2.45, 2.75) is 0 Å². The molecule has 0 aliphatic carbocycles. The second-order valence-electron chi connectivity index (χ2n) is 3.31. The van der Waals surface area contributed by atoms with Gasteiger partial charge in [-0.3, -0.25) is 0 Å². The van der Waals surface area contributed by atoms with Crippen LogP contribution in [0.4, 0.5) is 5.82 Å². The Labute approximate surface area is 80.6 Å². The van der Waals surface area contributed by atoms with Gasteiger partial charge in [0.1, 0.15) is 5.82 Å². The van der Waals surface area contributed by atoms with Gasteiger partial charge in [-0.05, 0) is 24.3 Å². The van der Waals surface area contributed by atoms with Crippen LogP contribution in [0.1, 0.15) is 0 Å². The van der Waals surface area contributed by atoms with Gasteiger partial charge in [-0.15, -0.1) is 0 Å². The Morgan fingerprint density at radius 3 is 2.86 bits per heavy atom. The van der Waals surface area contributed by atoms with Crippen molar-refractivity contribution in [3.05, 3.63) is 36.5 Å². The van der Waals surface area contributed by atoms with E-state index in [0.717, 1.165) is 21.8 Å². The smallest absolute Gasteiger partial charge is 0.124 e. The largest absolute Gasteiger partial charge is 0.384 e. The molecule has 14 heavy (non-hydrogen) atoms. The van der Waals surface area contributed by atoms with Crippen LogP contribution in [0, 0.1) is 0 Å². The molecule has 0 fully saturated rings. The minimum absolute atomic E-state index is 0.561. The molecule has 68 valence electrons. The predicted molar refractivity (Wildman–Crippen MR) is 58.0 cm³/mol. The maximum Gasteiger partial charge on any atom is 0.124 e. The van der Waals surface area contributed by atoms with Crippen molar-refractivity contribution in [3.63, 3.8) is 0 Å². The van der Waals surface area contributed by atoms with Gasteiger partial charge in [-0.25, -0.2) is 4.98 Å². The molecular formula is C11H9N3. The Morgan fingerprint density at radius 2 is 1.93 bits per heavy atom. The van der Waals surface area contributed by atoms with E-state index >= 15 is 0 Å². The summed E-state index contributed by atoms with van der Waals surface area (Å²) in [4.78, 5) is 7.48. The number of rotatable bonds is 0. The Balaban J connectivity index is 2.60. The molecule has 1 aromatic carbocycles. The Morgan fingerprint density at radius 1 is 1.07 bits per heavy atom. The van der Waals surface area contributed by atoms with Crippen LogP contribution in [0.2, 0.25) is 0 Å². The molecule has 3 rings (SSSR count). The van der Waals surface area contributed by atoms with Crippen LogP contribution in [0.5, 0.6) is 0 Å². The molecule has 3 nitrogen and oxygen atoms in total. The van der Waals surface area contributed by atoms with E-state index in [2.05, 4.69) is 16.0 Å². The highest BCUT2D eigenvalue weighted by atomic mass is 14.8. The van der Waals surface area contributed by atoms with Crippen LogP contribution in [-0.4, -0.2) is 9.97 Å². The molecule has 0 bridgehead atoms. The number of fused-ring (bicyclic) bond motifs is 3. The number of hydrogen-bond acceptors (Lipinski definition) is 2. The van der Waals surface area contributed by atoms with Crippen LogP contribution >= 0.6 is 0 Å². The number of nitrogens with zero attached hydrogens (tertiary/aromatic N) is 1. The number of H-pyrrole nitrogens is 1. The number of aromatic amines is 1. The standard InChI is InChI=1S/C11H9N3/c12-10-4-2-7-1-3-9-8(5-6-13-9)11(7)14-10/h1-6,13H,(H2,12,14). The summed E-state index contributed by atoms with van der Waals surface area (Å²) in [5.74, 6) is 0.561. The quantitative estimate of drug-likeness (QED) is 0.561. The average Bonchev–Trinajstić information content (AvgIpc) is 2.65. The van der Waals surface area contributed by atoms with Crippen molar-refractivity contribution in [1.29, 1.82) is 0 Å². The summed E-state index contributed by atoms with van der Waals surface area (Å²) in [5, 5.41) is 2.24. The van der Waals surface area contributed by atoms with E-state index in [9.17, 15) is 0 Å². The number of hydrogen-bond donors (Lipinski definition) is 2. The number of benzene rings is 1. The van der Waals surface area contributed by atoms with Crippen LogP contribution in [0.25, 0.3) is 21.8 Å². The van der Waals surface area contributed by atoms with E-state index in [1.165, 1.54) is 0 Å². The lowest BCUT2D eigenvalue weighted by molar-refractivity contribution is 1.43. The number of nitrogens with two attached hydrogens (primary N) is 1. The highest BCUT2D eigenvalue weighted by Gasteiger charge is 2.02. The number of nitrogen functional groups attached to an aromatic ring is 1.